The smallest absolute Gasteiger partial charge is 0.239 e. The quantitative estimate of drug-likeness (QED) is 0.534. The van der Waals surface area contributed by atoms with Crippen LogP contribution >= 0.6 is 11.6 Å². The van der Waals surface area contributed by atoms with Crippen molar-refractivity contribution in [3.05, 3.63) is 100 Å². The number of imide groups is 1. The van der Waals surface area contributed by atoms with Gasteiger partial charge in [0.25, 0.3) is 0 Å². The molecule has 0 unspecified atom stereocenters. The number of hydrogen-bond donors (Lipinski definition) is 0. The van der Waals surface area contributed by atoms with E-state index in [0.717, 1.165) is 6.42 Å². The molecule has 2 amide bonds. The molecular formula is C26H20ClNO2. The first-order valence-corrected chi connectivity index (χ1v) is 10.8. The van der Waals surface area contributed by atoms with Gasteiger partial charge in [-0.15, -0.1) is 0 Å². The van der Waals surface area contributed by atoms with E-state index in [2.05, 4.69) is 31.2 Å². The van der Waals surface area contributed by atoms with Crippen molar-refractivity contribution in [1.82, 2.24) is 0 Å². The molecule has 2 bridgehead atoms. The summed E-state index contributed by atoms with van der Waals surface area (Å²) in [6.07, 6.45) is 0.754. The summed E-state index contributed by atoms with van der Waals surface area (Å²) in [5.74, 6) is -1.20. The van der Waals surface area contributed by atoms with E-state index in [4.69, 9.17) is 11.6 Å². The molecule has 30 heavy (non-hydrogen) atoms. The van der Waals surface area contributed by atoms with E-state index in [9.17, 15) is 9.59 Å². The first-order valence-electron chi connectivity index (χ1n) is 10.4. The normalized spacial score (nSPS) is 28.3. The average Bonchev–Trinajstić information content (AvgIpc) is 3.05. The van der Waals surface area contributed by atoms with E-state index in [1.165, 1.54) is 27.2 Å². The summed E-state index contributed by atoms with van der Waals surface area (Å²) in [7, 11) is 0. The van der Waals surface area contributed by atoms with Gasteiger partial charge in [-0.1, -0.05) is 79.2 Å². The summed E-state index contributed by atoms with van der Waals surface area (Å²) in [5.41, 5.74) is 4.74. The molecule has 4 heteroatoms. The molecule has 3 aliphatic carbocycles. The minimum absolute atomic E-state index is 0.111. The maximum absolute atomic E-state index is 13.9. The van der Waals surface area contributed by atoms with Gasteiger partial charge < -0.3 is 0 Å². The third-order valence-electron chi connectivity index (χ3n) is 7.45. The number of anilines is 1. The van der Waals surface area contributed by atoms with E-state index in [1.54, 1.807) is 12.1 Å². The number of benzene rings is 3. The van der Waals surface area contributed by atoms with Crippen LogP contribution in [0.25, 0.3) is 0 Å². The molecule has 7 rings (SSSR count). The Morgan fingerprint density at radius 1 is 0.833 bits per heavy atom. The van der Waals surface area contributed by atoms with Gasteiger partial charge >= 0.3 is 0 Å². The highest BCUT2D eigenvalue weighted by atomic mass is 35.5. The van der Waals surface area contributed by atoms with Gasteiger partial charge in [-0.05, 0) is 40.8 Å². The lowest BCUT2D eigenvalue weighted by atomic mass is 9.46. The number of amides is 2. The van der Waals surface area contributed by atoms with Crippen LogP contribution in [0.1, 0.15) is 41.5 Å². The predicted octanol–water partition coefficient (Wildman–Crippen LogP) is 5.30. The maximum Gasteiger partial charge on any atom is 0.239 e. The van der Waals surface area contributed by atoms with Crippen molar-refractivity contribution in [1.29, 1.82) is 0 Å². The van der Waals surface area contributed by atoms with Crippen LogP contribution in [-0.2, 0) is 15.0 Å². The van der Waals surface area contributed by atoms with Crippen LogP contribution in [0.5, 0.6) is 0 Å². The van der Waals surface area contributed by atoms with Crippen molar-refractivity contribution in [2.24, 2.45) is 11.8 Å². The van der Waals surface area contributed by atoms with Gasteiger partial charge in [-0.3, -0.25) is 9.59 Å². The van der Waals surface area contributed by atoms with Crippen LogP contribution in [-0.4, -0.2) is 11.8 Å². The fourth-order valence-electron chi connectivity index (χ4n) is 6.40. The Kier molecular flexibility index (Phi) is 3.61. The largest absolute Gasteiger partial charge is 0.274 e. The van der Waals surface area contributed by atoms with Crippen LogP contribution in [0.3, 0.4) is 0 Å². The molecule has 1 aliphatic heterocycles. The van der Waals surface area contributed by atoms with Crippen LogP contribution in [0.15, 0.2) is 72.8 Å². The lowest BCUT2D eigenvalue weighted by Gasteiger charge is -2.54. The fraction of sp³-hybridized carbons (Fsp3) is 0.231. The van der Waals surface area contributed by atoms with E-state index in [0.29, 0.717) is 10.7 Å². The lowest BCUT2D eigenvalue weighted by molar-refractivity contribution is -0.123. The van der Waals surface area contributed by atoms with Crippen molar-refractivity contribution in [3.63, 3.8) is 0 Å². The Morgan fingerprint density at radius 2 is 1.40 bits per heavy atom. The summed E-state index contributed by atoms with van der Waals surface area (Å²) in [4.78, 5) is 29.1. The van der Waals surface area contributed by atoms with Crippen molar-refractivity contribution < 1.29 is 9.59 Å². The van der Waals surface area contributed by atoms with Gasteiger partial charge in [0.1, 0.15) is 0 Å². The average molecular weight is 414 g/mol. The second-order valence-electron chi connectivity index (χ2n) is 8.44. The third kappa shape index (κ3) is 1.92. The first-order chi connectivity index (χ1) is 14.6. The van der Waals surface area contributed by atoms with Crippen LogP contribution in [0, 0.1) is 11.8 Å². The van der Waals surface area contributed by atoms with Gasteiger partial charge in [-0.25, -0.2) is 4.90 Å². The molecule has 3 aromatic carbocycles. The highest BCUT2D eigenvalue weighted by molar-refractivity contribution is 6.36. The van der Waals surface area contributed by atoms with Gasteiger partial charge in [0.05, 0.1) is 22.5 Å². The van der Waals surface area contributed by atoms with E-state index in [-0.39, 0.29) is 17.7 Å². The molecule has 0 radical (unpaired) electrons. The second kappa shape index (κ2) is 6.05. The number of hydrogen-bond acceptors (Lipinski definition) is 2. The van der Waals surface area contributed by atoms with Crippen molar-refractivity contribution in [2.45, 2.75) is 24.7 Å². The number of para-hydroxylation sites is 1. The van der Waals surface area contributed by atoms with Gasteiger partial charge in [-0.2, -0.15) is 0 Å². The zero-order chi connectivity index (χ0) is 20.6. The number of carbonyl (C=O) groups is 2. The maximum atomic E-state index is 13.9. The first kappa shape index (κ1) is 17.9. The van der Waals surface area contributed by atoms with Crippen molar-refractivity contribution >= 4 is 29.1 Å². The molecule has 3 nitrogen and oxygen atoms in total. The summed E-state index contributed by atoms with van der Waals surface area (Å²) in [6.45, 7) is 2.13. The molecule has 0 N–H and O–H groups in total. The molecule has 1 fully saturated rings. The summed E-state index contributed by atoms with van der Waals surface area (Å²) in [6, 6.07) is 23.8. The Bertz CT molecular complexity index is 1190. The standard InChI is InChI=1S/C26H20ClNO2/c1-2-26-17-11-5-3-9-15(17)21(16-10-4-6-12-18(16)26)22-23(26)25(30)28(24(22)29)20-14-8-7-13-19(20)27/h3-14,21-23H,2H2,1H3/t21?,22-,23+,26?/m1/s1. The van der Waals surface area contributed by atoms with Crippen molar-refractivity contribution in [3.8, 4) is 0 Å². The Hall–Kier alpha value is -2.91. The Balaban J connectivity index is 1.66. The number of nitrogens with zero attached hydrogens (tertiary/aromatic N) is 1. The summed E-state index contributed by atoms with van der Waals surface area (Å²) in [5, 5.41) is 0.422. The summed E-state index contributed by atoms with van der Waals surface area (Å²) >= 11 is 6.42. The Labute approximate surface area is 180 Å². The second-order valence-corrected chi connectivity index (χ2v) is 8.85. The predicted molar refractivity (Wildman–Crippen MR) is 117 cm³/mol. The van der Waals surface area contributed by atoms with Gasteiger partial charge in [0, 0.05) is 11.3 Å². The van der Waals surface area contributed by atoms with Gasteiger partial charge in [0.2, 0.25) is 11.8 Å². The minimum Gasteiger partial charge on any atom is -0.274 e. The molecule has 3 aromatic rings. The zero-order valence-electron chi connectivity index (χ0n) is 16.5. The van der Waals surface area contributed by atoms with E-state index in [1.807, 2.05) is 36.4 Å². The molecular weight excluding hydrogens is 394 g/mol. The number of halogens is 1. The molecule has 148 valence electrons. The highest BCUT2D eigenvalue weighted by Gasteiger charge is 2.67. The minimum atomic E-state index is -0.505. The molecule has 0 spiro atoms. The van der Waals surface area contributed by atoms with Gasteiger partial charge in [0.15, 0.2) is 0 Å². The molecule has 4 aliphatic rings. The molecule has 2 atom stereocenters. The molecule has 1 saturated heterocycles. The third-order valence-corrected chi connectivity index (χ3v) is 7.76. The molecule has 0 aromatic heterocycles. The Morgan fingerprint density at radius 3 is 2.00 bits per heavy atom. The molecule has 1 heterocycles. The van der Waals surface area contributed by atoms with Crippen LogP contribution < -0.4 is 4.90 Å². The number of carbonyl (C=O) groups excluding carboxylic acids is 2. The van der Waals surface area contributed by atoms with Crippen LogP contribution in [0.2, 0.25) is 5.02 Å². The van der Waals surface area contributed by atoms with Crippen molar-refractivity contribution in [2.75, 3.05) is 4.90 Å². The highest BCUT2D eigenvalue weighted by Crippen LogP contribution is 2.65. The monoisotopic (exact) mass is 413 g/mol. The molecule has 0 saturated carbocycles. The lowest BCUT2D eigenvalue weighted by Crippen LogP contribution is -2.53. The fourth-order valence-corrected chi connectivity index (χ4v) is 6.62. The summed E-state index contributed by atoms with van der Waals surface area (Å²) < 4.78 is 0. The SMILES string of the molecule is CCC12c3ccccc3C(c3ccccc31)[C@H]1C(=O)N(c3ccccc3Cl)C(=O)[C@H]12. The van der Waals surface area contributed by atoms with Crippen LogP contribution in [0.4, 0.5) is 5.69 Å². The van der Waals surface area contributed by atoms with E-state index < -0.39 is 17.3 Å². The zero-order valence-corrected chi connectivity index (χ0v) is 17.3. The number of rotatable bonds is 2. The van der Waals surface area contributed by atoms with E-state index >= 15 is 0 Å². The topological polar surface area (TPSA) is 37.4 Å².